The summed E-state index contributed by atoms with van der Waals surface area (Å²) in [5.74, 6) is -0.200. The normalized spacial score (nSPS) is 13.9. The van der Waals surface area contributed by atoms with E-state index in [1.54, 1.807) is 43.5 Å². The van der Waals surface area contributed by atoms with Crippen molar-refractivity contribution in [3.8, 4) is 5.75 Å². The summed E-state index contributed by atoms with van der Waals surface area (Å²) in [4.78, 5) is 30.4. The number of rotatable bonds is 13. The van der Waals surface area contributed by atoms with E-state index in [4.69, 9.17) is 16.3 Å². The number of carbonyl (C=O) groups excluding carboxylic acids is 2. The highest BCUT2D eigenvalue weighted by Crippen LogP contribution is 2.29. The Morgan fingerprint density at radius 3 is 2.25 bits per heavy atom. The van der Waals surface area contributed by atoms with E-state index >= 15 is 0 Å². The fourth-order valence-electron chi connectivity index (χ4n) is 5.99. The molecule has 1 aliphatic carbocycles. The van der Waals surface area contributed by atoms with Crippen molar-refractivity contribution in [3.63, 3.8) is 0 Å². The average Bonchev–Trinajstić information content (AvgIpc) is 3.60. The van der Waals surface area contributed by atoms with Gasteiger partial charge in [-0.3, -0.25) is 13.9 Å². The molecule has 0 aliphatic heterocycles. The molecule has 4 aromatic carbocycles. The Balaban J connectivity index is 1.59. The van der Waals surface area contributed by atoms with E-state index < -0.39 is 28.5 Å². The zero-order valence-corrected chi connectivity index (χ0v) is 29.1. The van der Waals surface area contributed by atoms with Gasteiger partial charge in [0.05, 0.1) is 17.7 Å². The standard InChI is InChI=1S/C38H42ClN3O5S/c1-27-16-20-34(21-17-27)48(45,46)42(32-19-18-28(2)35(39)24-32)26-37(43)41(25-30-12-9-15-33(22-30)47-3)36(23-29-10-5-4-6-11-29)38(44)40-31-13-7-8-14-31/h4-6,9-12,15-22,24,31,36H,7-8,13-14,23,25-26H2,1-3H3,(H,40,44). The molecule has 10 heteroatoms. The highest BCUT2D eigenvalue weighted by atomic mass is 35.5. The molecule has 5 rings (SSSR count). The summed E-state index contributed by atoms with van der Waals surface area (Å²) in [6.07, 6.45) is 4.07. The lowest BCUT2D eigenvalue weighted by molar-refractivity contribution is -0.140. The number of ether oxygens (including phenoxy) is 1. The Morgan fingerprint density at radius 1 is 0.896 bits per heavy atom. The maximum Gasteiger partial charge on any atom is 0.264 e. The van der Waals surface area contributed by atoms with E-state index in [9.17, 15) is 18.0 Å². The summed E-state index contributed by atoms with van der Waals surface area (Å²) in [5, 5.41) is 3.57. The molecule has 2 amide bonds. The van der Waals surface area contributed by atoms with Crippen molar-refractivity contribution in [1.29, 1.82) is 0 Å². The SMILES string of the molecule is COc1cccc(CN(C(=O)CN(c2ccc(C)c(Cl)c2)S(=O)(=O)c2ccc(C)cc2)C(Cc2ccccc2)C(=O)NC2CCCC2)c1. The van der Waals surface area contributed by atoms with Crippen LogP contribution in [0, 0.1) is 13.8 Å². The molecule has 48 heavy (non-hydrogen) atoms. The highest BCUT2D eigenvalue weighted by Gasteiger charge is 2.35. The molecule has 0 spiro atoms. The first-order valence-electron chi connectivity index (χ1n) is 16.2. The van der Waals surface area contributed by atoms with E-state index in [2.05, 4.69) is 5.32 Å². The predicted molar refractivity (Wildman–Crippen MR) is 190 cm³/mol. The van der Waals surface area contributed by atoms with Gasteiger partial charge in [0.2, 0.25) is 11.8 Å². The molecule has 1 aliphatic rings. The number of anilines is 1. The molecule has 0 saturated heterocycles. The third-order valence-corrected chi connectivity index (χ3v) is 11.0. The minimum atomic E-state index is -4.23. The van der Waals surface area contributed by atoms with Crippen molar-refractivity contribution in [2.45, 2.75) is 69.5 Å². The minimum Gasteiger partial charge on any atom is -0.497 e. The van der Waals surface area contributed by atoms with Crippen molar-refractivity contribution in [2.75, 3.05) is 18.0 Å². The first-order chi connectivity index (χ1) is 23.0. The lowest BCUT2D eigenvalue weighted by Gasteiger charge is -2.34. The third-order valence-electron chi connectivity index (χ3n) is 8.79. The number of nitrogens with zero attached hydrogens (tertiary/aromatic N) is 2. The zero-order valence-electron chi connectivity index (χ0n) is 27.6. The molecule has 0 heterocycles. The Labute approximate surface area is 288 Å². The molecule has 1 saturated carbocycles. The monoisotopic (exact) mass is 687 g/mol. The quantitative estimate of drug-likeness (QED) is 0.166. The summed E-state index contributed by atoms with van der Waals surface area (Å²) < 4.78 is 35.1. The fraction of sp³-hybridized carbons (Fsp3) is 0.316. The number of hydrogen-bond acceptors (Lipinski definition) is 5. The van der Waals surface area contributed by atoms with Gasteiger partial charge < -0.3 is 15.0 Å². The van der Waals surface area contributed by atoms with Crippen LogP contribution in [0.4, 0.5) is 5.69 Å². The van der Waals surface area contributed by atoms with Gasteiger partial charge in [-0.1, -0.05) is 90.7 Å². The molecule has 1 N–H and O–H groups in total. The zero-order chi connectivity index (χ0) is 34.3. The van der Waals surface area contributed by atoms with E-state index in [1.165, 1.54) is 17.0 Å². The van der Waals surface area contributed by atoms with Crippen LogP contribution in [0.3, 0.4) is 0 Å². The third kappa shape index (κ3) is 8.57. The second-order valence-electron chi connectivity index (χ2n) is 12.3. The van der Waals surface area contributed by atoms with Crippen molar-refractivity contribution < 1.29 is 22.7 Å². The van der Waals surface area contributed by atoms with E-state index in [0.717, 1.165) is 52.2 Å². The van der Waals surface area contributed by atoms with Crippen LogP contribution in [-0.2, 0) is 32.6 Å². The molecule has 0 aromatic heterocycles. The smallest absolute Gasteiger partial charge is 0.264 e. The molecular weight excluding hydrogens is 646 g/mol. The van der Waals surface area contributed by atoms with Crippen LogP contribution in [-0.4, -0.2) is 50.9 Å². The number of nitrogens with one attached hydrogen (secondary N) is 1. The van der Waals surface area contributed by atoms with Crippen LogP contribution in [0.1, 0.15) is 47.9 Å². The number of halogens is 1. The number of sulfonamides is 1. The molecule has 252 valence electrons. The topological polar surface area (TPSA) is 96.0 Å². The van der Waals surface area contributed by atoms with Crippen molar-refractivity contribution in [1.82, 2.24) is 10.2 Å². The number of hydrogen-bond donors (Lipinski definition) is 1. The van der Waals surface area contributed by atoms with E-state index in [1.807, 2.05) is 62.4 Å². The largest absolute Gasteiger partial charge is 0.497 e. The lowest BCUT2D eigenvalue weighted by atomic mass is 10.0. The fourth-order valence-corrected chi connectivity index (χ4v) is 7.57. The molecule has 0 radical (unpaired) electrons. The summed E-state index contributed by atoms with van der Waals surface area (Å²) in [6, 6.07) is 27.3. The van der Waals surface area contributed by atoms with Crippen molar-refractivity contribution >= 4 is 39.1 Å². The first-order valence-corrected chi connectivity index (χ1v) is 18.0. The molecule has 4 aromatic rings. The molecule has 8 nitrogen and oxygen atoms in total. The molecule has 0 bridgehead atoms. The van der Waals surface area contributed by atoms with Gasteiger partial charge in [0.15, 0.2) is 0 Å². The Bertz CT molecular complexity index is 1830. The van der Waals surface area contributed by atoms with E-state index in [-0.39, 0.29) is 35.5 Å². The van der Waals surface area contributed by atoms with Crippen LogP contribution in [0.15, 0.2) is 102 Å². The van der Waals surface area contributed by atoms with Crippen LogP contribution in [0.25, 0.3) is 0 Å². The summed E-state index contributed by atoms with van der Waals surface area (Å²) in [6.45, 7) is 3.20. The van der Waals surface area contributed by atoms with E-state index in [0.29, 0.717) is 10.8 Å². The maximum atomic E-state index is 14.7. The summed E-state index contributed by atoms with van der Waals surface area (Å²) in [5.41, 5.74) is 3.53. The van der Waals surface area contributed by atoms with Crippen molar-refractivity contribution in [2.24, 2.45) is 0 Å². The molecular formula is C38H42ClN3O5S. The minimum absolute atomic E-state index is 0.0256. The molecule has 1 fully saturated rings. The summed E-state index contributed by atoms with van der Waals surface area (Å²) >= 11 is 6.49. The molecule has 1 unspecified atom stereocenters. The van der Waals surface area contributed by atoms with Gasteiger partial charge in [0.1, 0.15) is 18.3 Å². The van der Waals surface area contributed by atoms with Crippen LogP contribution >= 0.6 is 11.6 Å². The first kappa shape index (κ1) is 35.0. The van der Waals surface area contributed by atoms with Gasteiger partial charge in [-0.05, 0) is 79.8 Å². The summed E-state index contributed by atoms with van der Waals surface area (Å²) in [7, 11) is -2.66. The van der Waals surface area contributed by atoms with Gasteiger partial charge in [0.25, 0.3) is 10.0 Å². The van der Waals surface area contributed by atoms with Gasteiger partial charge >= 0.3 is 0 Å². The second kappa shape index (κ2) is 15.7. The maximum absolute atomic E-state index is 14.7. The number of amides is 2. The van der Waals surface area contributed by atoms with Gasteiger partial charge in [-0.2, -0.15) is 0 Å². The van der Waals surface area contributed by atoms with Gasteiger partial charge in [-0.25, -0.2) is 8.42 Å². The molecule has 1 atom stereocenters. The Hall–Kier alpha value is -4.34. The Kier molecular flexibility index (Phi) is 11.4. The second-order valence-corrected chi connectivity index (χ2v) is 14.6. The predicted octanol–water partition coefficient (Wildman–Crippen LogP) is 6.86. The van der Waals surface area contributed by atoms with Crippen molar-refractivity contribution in [3.05, 3.63) is 124 Å². The Morgan fingerprint density at radius 2 is 1.58 bits per heavy atom. The van der Waals surface area contributed by atoms with Crippen LogP contribution in [0.5, 0.6) is 5.75 Å². The highest BCUT2D eigenvalue weighted by molar-refractivity contribution is 7.92. The number of carbonyl (C=O) groups is 2. The van der Waals surface area contributed by atoms with Gasteiger partial charge in [0, 0.05) is 24.0 Å². The average molecular weight is 688 g/mol. The number of benzene rings is 4. The number of methoxy groups -OCH3 is 1. The van der Waals surface area contributed by atoms with Crippen LogP contribution in [0.2, 0.25) is 5.02 Å². The number of aryl methyl sites for hydroxylation is 2. The van der Waals surface area contributed by atoms with Crippen LogP contribution < -0.4 is 14.4 Å². The van der Waals surface area contributed by atoms with Gasteiger partial charge in [-0.15, -0.1) is 0 Å². The lowest BCUT2D eigenvalue weighted by Crippen LogP contribution is -2.54.